The number of primary amides is 1. The Morgan fingerprint density at radius 1 is 0.733 bits per heavy atom. The van der Waals surface area contributed by atoms with Crippen molar-refractivity contribution in [2.75, 3.05) is 30.9 Å². The molecule has 30 heteroatoms. The Bertz CT molecular complexity index is 3250. The molecule has 9 atom stereocenters. The quantitative estimate of drug-likeness (QED) is 0.0350. The number of aromatic amines is 1. The number of ether oxygens (including phenoxy) is 2. The average Bonchev–Trinajstić information content (AvgIpc) is 2.21. The van der Waals surface area contributed by atoms with Gasteiger partial charge in [0.2, 0.25) is 47.3 Å². The summed E-state index contributed by atoms with van der Waals surface area (Å²) in [6, 6.07) is 14.8. The lowest BCUT2D eigenvalue weighted by molar-refractivity contribution is -0.136. The standard InChI is InChI=1S/C60H76N12O14S4/c1-34(73)49-57(82)70-47(56(81)68-45(50(61)75)31-89-90-48-20-12-14-25-62-48)33-88-87-32-46(69-53(78)43(71-59(84)85-5)27-35-15-7-6-8-16-35)55(80)66-42(28-36-21-23-38(74)24-22-36)52(77)67-44(29-37-30-64-40-18-10-9-17-39(37)40)54(79)65-41(51(76)72-49)19-11-13-26-63-58(83)86-60(2,3)4/h6-10,12,14-18,20-25,30,34,41-47,49,64,73-74H,11,13,19,26-29,31-33H2,1-5H3,(H2,61,75)(H,63,83)(H,65,79)(H,66,80)(H,67,77)(H,68,81)(H,69,78)(H,70,82)(H,71,84)(H,72,76)/t34-,41+,42+,43-,44-,45+,46+,47+,49+/m1/s1. The van der Waals surface area contributed by atoms with Gasteiger partial charge in [0.05, 0.1) is 13.2 Å². The number of nitrogens with two attached hydrogens (primary N) is 1. The Balaban J connectivity index is 1.41. The Labute approximate surface area is 535 Å². The molecule has 1 saturated heterocycles. The molecular weight excluding hydrogens is 1240 g/mol. The van der Waals surface area contributed by atoms with Crippen LogP contribution in [-0.4, -0.2) is 171 Å². The third-order valence-corrected chi connectivity index (χ3v) is 18.3. The van der Waals surface area contributed by atoms with Crippen LogP contribution < -0.4 is 53.6 Å². The van der Waals surface area contributed by atoms with Crippen molar-refractivity contribution in [2.45, 2.75) is 131 Å². The molecule has 0 bridgehead atoms. The number of unbranched alkanes of at least 4 members (excludes halogenated alkanes) is 1. The van der Waals surface area contributed by atoms with E-state index in [0.29, 0.717) is 32.6 Å². The second-order valence-electron chi connectivity index (χ2n) is 21.8. The number of carbonyl (C=O) groups is 10. The summed E-state index contributed by atoms with van der Waals surface area (Å²) in [5.41, 5.74) is 7.32. The van der Waals surface area contributed by atoms with Crippen molar-refractivity contribution in [3.8, 4) is 5.75 Å². The van der Waals surface area contributed by atoms with Gasteiger partial charge in [0.25, 0.3) is 0 Å². The maximum Gasteiger partial charge on any atom is 0.407 e. The summed E-state index contributed by atoms with van der Waals surface area (Å²) in [5, 5.41) is 46.6. The number of hydrogen-bond acceptors (Lipinski definition) is 19. The zero-order valence-electron chi connectivity index (χ0n) is 50.1. The summed E-state index contributed by atoms with van der Waals surface area (Å²) in [5.74, 6) is -8.23. The van der Waals surface area contributed by atoms with Crippen LogP contribution in [0.1, 0.15) is 63.6 Å². The maximum absolute atomic E-state index is 15.1. The number of pyridine rings is 1. The van der Waals surface area contributed by atoms with E-state index in [-0.39, 0.29) is 68.1 Å². The van der Waals surface area contributed by atoms with Gasteiger partial charge in [-0.25, -0.2) is 14.6 Å². The van der Waals surface area contributed by atoms with Gasteiger partial charge in [0, 0.05) is 66.4 Å². The Hall–Kier alpha value is -8.19. The molecule has 5 aromatic rings. The van der Waals surface area contributed by atoms with Gasteiger partial charge in [0.1, 0.15) is 64.7 Å². The molecule has 1 aliphatic rings. The summed E-state index contributed by atoms with van der Waals surface area (Å²) in [6.45, 7) is 6.40. The highest BCUT2D eigenvalue weighted by Crippen LogP contribution is 2.30. The summed E-state index contributed by atoms with van der Waals surface area (Å²) in [7, 11) is 5.36. The number of hydrogen-bond donors (Lipinski definition) is 13. The number of carbonyl (C=O) groups excluding carboxylic acids is 10. The van der Waals surface area contributed by atoms with Crippen molar-refractivity contribution in [1.29, 1.82) is 0 Å². The molecule has 26 nitrogen and oxygen atoms in total. The van der Waals surface area contributed by atoms with E-state index in [4.69, 9.17) is 15.2 Å². The lowest BCUT2D eigenvalue weighted by Crippen LogP contribution is -2.62. The van der Waals surface area contributed by atoms with E-state index in [2.05, 4.69) is 57.8 Å². The van der Waals surface area contributed by atoms with Crippen molar-refractivity contribution in [3.63, 3.8) is 0 Å². The van der Waals surface area contributed by atoms with E-state index in [1.54, 1.807) is 106 Å². The predicted octanol–water partition coefficient (Wildman–Crippen LogP) is 2.81. The van der Waals surface area contributed by atoms with E-state index >= 15 is 14.4 Å². The van der Waals surface area contributed by atoms with Crippen LogP contribution >= 0.6 is 43.2 Å². The van der Waals surface area contributed by atoms with E-state index in [1.165, 1.54) is 42.0 Å². The molecule has 1 aliphatic heterocycles. The second kappa shape index (κ2) is 35.3. The first kappa shape index (κ1) is 70.9. The molecule has 0 aliphatic carbocycles. The lowest BCUT2D eigenvalue weighted by Gasteiger charge is -2.29. The van der Waals surface area contributed by atoms with Gasteiger partial charge in [-0.05, 0) is 105 Å². The number of aliphatic hydroxyl groups is 1. The number of H-pyrrole nitrogens is 1. The number of phenols is 1. The first-order valence-electron chi connectivity index (χ1n) is 28.7. The zero-order valence-corrected chi connectivity index (χ0v) is 53.4. The number of rotatable bonds is 22. The number of methoxy groups -OCH3 is 1. The van der Waals surface area contributed by atoms with E-state index < -0.39 is 119 Å². The molecular formula is C60H76N12O14S4. The Morgan fingerprint density at radius 3 is 2.07 bits per heavy atom. The van der Waals surface area contributed by atoms with Crippen molar-refractivity contribution in [2.24, 2.45) is 5.73 Å². The first-order valence-corrected chi connectivity index (χ1v) is 33.5. The van der Waals surface area contributed by atoms with Gasteiger partial charge < -0.3 is 78.3 Å². The topological polar surface area (TPSA) is 393 Å². The van der Waals surface area contributed by atoms with Crippen molar-refractivity contribution in [3.05, 3.63) is 126 Å². The summed E-state index contributed by atoms with van der Waals surface area (Å²) in [4.78, 5) is 149. The highest BCUT2D eigenvalue weighted by Gasteiger charge is 2.37. The van der Waals surface area contributed by atoms with Crippen LogP contribution in [0.4, 0.5) is 9.59 Å². The van der Waals surface area contributed by atoms with Crippen LogP contribution in [-0.2, 0) is 67.1 Å². The fourth-order valence-electron chi connectivity index (χ4n) is 8.95. The van der Waals surface area contributed by atoms with Crippen LogP contribution in [0.5, 0.6) is 5.75 Å². The van der Waals surface area contributed by atoms with Crippen molar-refractivity contribution >= 4 is 114 Å². The minimum absolute atomic E-state index is 0.0532. The van der Waals surface area contributed by atoms with Crippen LogP contribution in [0.3, 0.4) is 0 Å². The van der Waals surface area contributed by atoms with E-state index in [1.807, 2.05) is 0 Å². The predicted molar refractivity (Wildman–Crippen MR) is 343 cm³/mol. The molecule has 0 saturated carbocycles. The monoisotopic (exact) mass is 1320 g/mol. The number of nitrogens with one attached hydrogen (secondary N) is 10. The molecule has 14 N–H and O–H groups in total. The highest BCUT2D eigenvalue weighted by molar-refractivity contribution is 8.77. The van der Waals surface area contributed by atoms with Gasteiger partial charge in [-0.2, -0.15) is 0 Å². The molecule has 2 aromatic heterocycles. The molecule has 10 amide bonds. The van der Waals surface area contributed by atoms with Crippen molar-refractivity contribution < 1.29 is 67.6 Å². The van der Waals surface area contributed by atoms with Crippen LogP contribution in [0.25, 0.3) is 10.9 Å². The van der Waals surface area contributed by atoms with Gasteiger partial charge in [0.15, 0.2) is 0 Å². The van der Waals surface area contributed by atoms with Crippen LogP contribution in [0.15, 0.2) is 114 Å². The third kappa shape index (κ3) is 23.3. The number of alkyl carbamates (subject to hydrolysis) is 2. The minimum Gasteiger partial charge on any atom is -0.508 e. The van der Waals surface area contributed by atoms with Gasteiger partial charge in [-0.3, -0.25) is 38.4 Å². The second-order valence-corrected chi connectivity index (χ2v) is 26.8. The number of aromatic hydroxyl groups is 1. The van der Waals surface area contributed by atoms with E-state index in [0.717, 1.165) is 39.5 Å². The molecule has 484 valence electrons. The molecule has 3 heterocycles. The molecule has 90 heavy (non-hydrogen) atoms. The number of aromatic nitrogens is 2. The molecule has 6 rings (SSSR count). The first-order chi connectivity index (χ1) is 43.0. The van der Waals surface area contributed by atoms with Crippen LogP contribution in [0.2, 0.25) is 0 Å². The zero-order chi connectivity index (χ0) is 65.3. The fourth-order valence-corrected chi connectivity index (χ4v) is 13.4. The van der Waals surface area contributed by atoms with Gasteiger partial charge in [-0.15, -0.1) is 0 Å². The van der Waals surface area contributed by atoms with Gasteiger partial charge in [-0.1, -0.05) is 99.1 Å². The normalized spacial score (nSPS) is 20.0. The van der Waals surface area contributed by atoms with E-state index in [9.17, 15) is 43.8 Å². The minimum atomic E-state index is -1.80. The molecule has 0 unspecified atom stereocenters. The average molecular weight is 1320 g/mol. The number of aliphatic hydroxyl groups excluding tert-OH is 1. The molecule has 0 radical (unpaired) electrons. The molecule has 3 aromatic carbocycles. The number of nitrogens with zero attached hydrogens (tertiary/aromatic N) is 1. The lowest BCUT2D eigenvalue weighted by atomic mass is 10.0. The Morgan fingerprint density at radius 2 is 1.39 bits per heavy atom. The third-order valence-electron chi connectivity index (χ3n) is 13.6. The van der Waals surface area contributed by atoms with Crippen molar-refractivity contribution in [1.82, 2.24) is 57.8 Å². The Kier molecular flexibility index (Phi) is 27.8. The fraction of sp³-hybridized carbons (Fsp3) is 0.417. The summed E-state index contributed by atoms with van der Waals surface area (Å²) in [6.07, 6.45) is -0.275. The smallest absolute Gasteiger partial charge is 0.407 e. The maximum atomic E-state index is 15.1. The van der Waals surface area contributed by atoms with Crippen LogP contribution in [0, 0.1) is 0 Å². The SMILES string of the molecule is COC(=O)N[C@H](Cc1ccccc1)C(=O)N[C@H]1CSSC[C@@H](C(=O)N[C@@H](CSSc2ccccn2)C(N)=O)NC(=O)[C@H]([C@@H](C)O)NC(=O)[C@H](CCCCNC(=O)OC(C)(C)C)NC(=O)[C@@H](Cc2c[nH]c3ccccc23)NC(=O)[C@H](Cc2ccc(O)cc2)NC1=O. The molecule has 1 fully saturated rings. The number of phenolic OH excluding ortho intramolecular Hbond substituents is 1. The summed E-state index contributed by atoms with van der Waals surface area (Å²) < 4.78 is 10.2. The number of fused-ring (bicyclic) bond motifs is 1. The number of amides is 10. The van der Waals surface area contributed by atoms with Gasteiger partial charge >= 0.3 is 12.2 Å². The number of benzene rings is 3. The largest absolute Gasteiger partial charge is 0.508 e. The summed E-state index contributed by atoms with van der Waals surface area (Å²) >= 11 is 0. The highest BCUT2D eigenvalue weighted by atomic mass is 33.1. The molecule has 0 spiro atoms. The number of para-hydroxylation sites is 1.